The van der Waals surface area contributed by atoms with E-state index >= 15 is 0 Å². The summed E-state index contributed by atoms with van der Waals surface area (Å²) in [5, 5.41) is 9.68. The molecule has 49 heavy (non-hydrogen) atoms. The third kappa shape index (κ3) is 9.17. The SMILES string of the molecule is CC(C)(C)OC(=O)N1CCN(CCNc2nc(NC[C@H]3CC[C@H](CNS(=O)(=O)c4cccc5ccccc45)CC3)nc3ccccc23)CC1. The molecule has 0 unspecified atom stereocenters. The molecule has 0 spiro atoms. The number of hydrogen-bond acceptors (Lipinski definition) is 9. The van der Waals surface area contributed by atoms with Crippen molar-refractivity contribution >= 4 is 49.6 Å². The Morgan fingerprint density at radius 3 is 2.20 bits per heavy atom. The maximum absolute atomic E-state index is 13.2. The van der Waals surface area contributed by atoms with E-state index in [4.69, 9.17) is 14.7 Å². The van der Waals surface area contributed by atoms with Gasteiger partial charge < -0.3 is 20.3 Å². The Morgan fingerprint density at radius 1 is 0.816 bits per heavy atom. The topological polar surface area (TPSA) is 129 Å². The van der Waals surface area contributed by atoms with Gasteiger partial charge in [0.15, 0.2) is 0 Å². The van der Waals surface area contributed by atoms with Gasteiger partial charge in [-0.1, -0.05) is 48.5 Å². The van der Waals surface area contributed by atoms with E-state index < -0.39 is 15.6 Å². The van der Waals surface area contributed by atoms with Crippen molar-refractivity contribution in [3.05, 3.63) is 66.7 Å². The molecular weight excluding hydrogens is 639 g/mol. The fourth-order valence-electron chi connectivity index (χ4n) is 6.71. The highest BCUT2D eigenvalue weighted by molar-refractivity contribution is 7.89. The van der Waals surface area contributed by atoms with Crippen molar-refractivity contribution < 1.29 is 17.9 Å². The number of carbonyl (C=O) groups is 1. The summed E-state index contributed by atoms with van der Waals surface area (Å²) < 4.78 is 34.8. The molecule has 1 aliphatic heterocycles. The van der Waals surface area contributed by atoms with Crippen molar-refractivity contribution in [3.63, 3.8) is 0 Å². The molecule has 6 rings (SSSR count). The Balaban J connectivity index is 0.965. The third-order valence-electron chi connectivity index (χ3n) is 9.46. The van der Waals surface area contributed by atoms with Gasteiger partial charge in [0.1, 0.15) is 11.4 Å². The van der Waals surface area contributed by atoms with E-state index in [2.05, 4.69) is 20.3 Å². The Hall–Kier alpha value is -4.00. The second-order valence-electron chi connectivity index (χ2n) is 14.2. The molecule has 262 valence electrons. The van der Waals surface area contributed by atoms with Crippen LogP contribution in [-0.2, 0) is 14.8 Å². The lowest BCUT2D eigenvalue weighted by Crippen LogP contribution is -2.50. The molecule has 12 heteroatoms. The summed E-state index contributed by atoms with van der Waals surface area (Å²) in [6.07, 6.45) is 3.75. The van der Waals surface area contributed by atoms with Crippen LogP contribution in [0.3, 0.4) is 0 Å². The van der Waals surface area contributed by atoms with Crippen LogP contribution >= 0.6 is 0 Å². The minimum atomic E-state index is -3.60. The zero-order valence-electron chi connectivity index (χ0n) is 28.8. The highest BCUT2D eigenvalue weighted by Crippen LogP contribution is 2.30. The van der Waals surface area contributed by atoms with Crippen LogP contribution in [-0.4, -0.2) is 92.2 Å². The van der Waals surface area contributed by atoms with Gasteiger partial charge in [-0.25, -0.2) is 22.9 Å². The maximum atomic E-state index is 13.2. The summed E-state index contributed by atoms with van der Waals surface area (Å²) in [6, 6.07) is 21.0. The monoisotopic (exact) mass is 687 g/mol. The Kier molecular flexibility index (Phi) is 10.9. The minimum Gasteiger partial charge on any atom is -0.444 e. The molecule has 2 aliphatic rings. The number of para-hydroxylation sites is 1. The second kappa shape index (κ2) is 15.3. The Morgan fingerprint density at radius 2 is 1.47 bits per heavy atom. The van der Waals surface area contributed by atoms with Crippen molar-refractivity contribution in [2.75, 3.05) is 63.0 Å². The van der Waals surface area contributed by atoms with E-state index in [9.17, 15) is 13.2 Å². The lowest BCUT2D eigenvalue weighted by atomic mass is 9.82. The summed E-state index contributed by atoms with van der Waals surface area (Å²) >= 11 is 0. The number of piperazine rings is 1. The maximum Gasteiger partial charge on any atom is 0.410 e. The van der Waals surface area contributed by atoms with Gasteiger partial charge in [0.2, 0.25) is 16.0 Å². The van der Waals surface area contributed by atoms with Gasteiger partial charge in [-0.05, 0) is 81.9 Å². The molecule has 11 nitrogen and oxygen atoms in total. The van der Waals surface area contributed by atoms with Gasteiger partial charge in [0, 0.05) is 63.1 Å². The second-order valence-corrected chi connectivity index (χ2v) is 16.0. The average Bonchev–Trinajstić information content (AvgIpc) is 3.09. The number of amides is 1. The minimum absolute atomic E-state index is 0.244. The van der Waals surface area contributed by atoms with Gasteiger partial charge in [0.25, 0.3) is 0 Å². The normalized spacial score (nSPS) is 19.2. The predicted octanol–water partition coefficient (Wildman–Crippen LogP) is 5.94. The Labute approximate surface area is 289 Å². The number of fused-ring (bicyclic) bond motifs is 2. The smallest absolute Gasteiger partial charge is 0.410 e. The van der Waals surface area contributed by atoms with Gasteiger partial charge in [-0.2, -0.15) is 4.98 Å². The summed E-state index contributed by atoms with van der Waals surface area (Å²) in [7, 11) is -3.60. The molecule has 0 atom stereocenters. The number of nitrogens with one attached hydrogen (secondary N) is 3. The average molecular weight is 688 g/mol. The van der Waals surface area contributed by atoms with Crippen LogP contribution in [0.15, 0.2) is 71.6 Å². The molecule has 0 radical (unpaired) electrons. The van der Waals surface area contributed by atoms with Gasteiger partial charge in [-0.3, -0.25) is 4.90 Å². The molecular formula is C37H49N7O4S. The predicted molar refractivity (Wildman–Crippen MR) is 195 cm³/mol. The van der Waals surface area contributed by atoms with Crippen molar-refractivity contribution in [3.8, 4) is 0 Å². The zero-order valence-corrected chi connectivity index (χ0v) is 29.6. The first kappa shape index (κ1) is 34.8. The third-order valence-corrected chi connectivity index (χ3v) is 10.9. The first-order valence-electron chi connectivity index (χ1n) is 17.5. The van der Waals surface area contributed by atoms with Crippen LogP contribution in [0.5, 0.6) is 0 Å². The Bertz CT molecular complexity index is 1840. The molecule has 1 amide bonds. The van der Waals surface area contributed by atoms with E-state index in [1.165, 1.54) is 0 Å². The van der Waals surface area contributed by atoms with Crippen molar-refractivity contribution in [2.24, 2.45) is 11.8 Å². The number of anilines is 2. The van der Waals surface area contributed by atoms with E-state index in [0.29, 0.717) is 42.3 Å². The van der Waals surface area contributed by atoms with Crippen molar-refractivity contribution in [1.29, 1.82) is 0 Å². The first-order chi connectivity index (χ1) is 23.5. The summed E-state index contributed by atoms with van der Waals surface area (Å²) in [5.41, 5.74) is 0.395. The zero-order chi connectivity index (χ0) is 34.4. The number of benzene rings is 3. The van der Waals surface area contributed by atoms with E-state index in [0.717, 1.165) is 85.9 Å². The number of sulfonamides is 1. The van der Waals surface area contributed by atoms with Gasteiger partial charge in [0.05, 0.1) is 10.4 Å². The van der Waals surface area contributed by atoms with Crippen LogP contribution in [0.4, 0.5) is 16.6 Å². The number of rotatable bonds is 11. The van der Waals surface area contributed by atoms with Crippen LogP contribution in [0.25, 0.3) is 21.7 Å². The van der Waals surface area contributed by atoms with Gasteiger partial charge >= 0.3 is 6.09 Å². The van der Waals surface area contributed by atoms with E-state index in [-0.39, 0.29) is 6.09 Å². The van der Waals surface area contributed by atoms with Crippen LogP contribution < -0.4 is 15.4 Å². The molecule has 2 heterocycles. The number of hydrogen-bond donors (Lipinski definition) is 3. The fraction of sp³-hybridized carbons (Fsp3) is 0.486. The van der Waals surface area contributed by atoms with E-state index in [1.807, 2.05) is 75.4 Å². The fourth-order valence-corrected chi connectivity index (χ4v) is 8.06. The quantitative estimate of drug-likeness (QED) is 0.175. The first-order valence-corrected chi connectivity index (χ1v) is 18.9. The highest BCUT2D eigenvalue weighted by atomic mass is 32.2. The number of nitrogens with zero attached hydrogens (tertiary/aromatic N) is 4. The molecule has 1 saturated heterocycles. The lowest BCUT2D eigenvalue weighted by Gasteiger charge is -2.35. The summed E-state index contributed by atoms with van der Waals surface area (Å²) in [6.45, 7) is 11.4. The van der Waals surface area contributed by atoms with Crippen molar-refractivity contribution in [2.45, 2.75) is 57.0 Å². The molecule has 3 N–H and O–H groups in total. The number of ether oxygens (including phenoxy) is 1. The molecule has 1 aliphatic carbocycles. The standard InChI is InChI=1S/C37H49N7O4S/c1-37(2,3)48-36(45)44-23-21-43(22-24-44)20-19-38-34-31-12-6-7-13-32(31)41-35(42-34)39-25-27-15-17-28(18-16-27)26-40-49(46,47)33-14-8-10-29-9-4-5-11-30(29)33/h4-14,27-28,40H,15-26H2,1-3H3,(H2,38,39,41,42)/t27-,28-. The number of aromatic nitrogens is 2. The summed E-state index contributed by atoms with van der Waals surface area (Å²) in [4.78, 5) is 26.5. The lowest BCUT2D eigenvalue weighted by molar-refractivity contribution is 0.0148. The highest BCUT2D eigenvalue weighted by Gasteiger charge is 2.26. The number of carbonyl (C=O) groups excluding carboxylic acids is 1. The van der Waals surface area contributed by atoms with Gasteiger partial charge in [-0.15, -0.1) is 0 Å². The molecule has 4 aromatic rings. The molecule has 0 bridgehead atoms. The molecule has 1 aromatic heterocycles. The van der Waals surface area contributed by atoms with Crippen molar-refractivity contribution in [1.82, 2.24) is 24.5 Å². The van der Waals surface area contributed by atoms with Crippen LogP contribution in [0.2, 0.25) is 0 Å². The largest absolute Gasteiger partial charge is 0.444 e. The molecule has 2 fully saturated rings. The van der Waals surface area contributed by atoms with Crippen LogP contribution in [0, 0.1) is 11.8 Å². The molecule has 1 saturated carbocycles. The van der Waals surface area contributed by atoms with Crippen LogP contribution in [0.1, 0.15) is 46.5 Å². The van der Waals surface area contributed by atoms with E-state index in [1.54, 1.807) is 17.0 Å². The summed E-state index contributed by atoms with van der Waals surface area (Å²) in [5.74, 6) is 2.20. The molecule has 3 aromatic carbocycles.